The number of aryl methyl sites for hydroxylation is 1. The van der Waals surface area contributed by atoms with E-state index in [2.05, 4.69) is 29.1 Å². The van der Waals surface area contributed by atoms with Gasteiger partial charge >= 0.3 is 0 Å². The van der Waals surface area contributed by atoms with Gasteiger partial charge in [-0.25, -0.2) is 18.6 Å². The average Bonchev–Trinajstić information content (AvgIpc) is 2.84. The molecule has 0 aliphatic carbocycles. The highest BCUT2D eigenvalue weighted by Crippen LogP contribution is 2.21. The van der Waals surface area contributed by atoms with Crippen molar-refractivity contribution in [3.8, 4) is 5.75 Å². The second-order valence-corrected chi connectivity index (χ2v) is 10.4. The summed E-state index contributed by atoms with van der Waals surface area (Å²) in [5, 5.41) is 4.01. The van der Waals surface area contributed by atoms with Gasteiger partial charge in [0.2, 0.25) is 15.9 Å². The Balaban J connectivity index is 1.64. The summed E-state index contributed by atoms with van der Waals surface area (Å²) in [4.78, 5) is 12.7. The molecule has 0 heterocycles. The van der Waals surface area contributed by atoms with E-state index in [1.165, 1.54) is 6.21 Å². The Morgan fingerprint density at radius 3 is 2.26 bits per heavy atom. The molecule has 0 radical (unpaired) electrons. The van der Waals surface area contributed by atoms with Crippen LogP contribution in [0.25, 0.3) is 0 Å². The van der Waals surface area contributed by atoms with Gasteiger partial charge < -0.3 is 4.74 Å². The lowest BCUT2D eigenvalue weighted by Gasteiger charge is -2.18. The number of carbonyl (C=O) groups excluding carboxylic acids is 1. The van der Waals surface area contributed by atoms with Crippen LogP contribution in [0.4, 0.5) is 0 Å². The fraction of sp³-hybridized carbons (Fsp3) is 0.259. The van der Waals surface area contributed by atoms with Crippen LogP contribution < -0.4 is 14.9 Å². The zero-order valence-electron chi connectivity index (χ0n) is 20.1. The largest absolute Gasteiger partial charge is 0.493 e. The highest BCUT2D eigenvalue weighted by molar-refractivity contribution is 7.89. The van der Waals surface area contributed by atoms with Gasteiger partial charge in [-0.2, -0.15) is 5.10 Å². The summed E-state index contributed by atoms with van der Waals surface area (Å²) in [6, 6.07) is 22.2. The summed E-state index contributed by atoms with van der Waals surface area (Å²) in [5.41, 5.74) is 4.91. The van der Waals surface area contributed by atoms with Crippen molar-refractivity contribution in [2.24, 2.45) is 11.0 Å². The van der Waals surface area contributed by atoms with Crippen molar-refractivity contribution in [1.29, 1.82) is 0 Å². The maximum absolute atomic E-state index is 12.9. The van der Waals surface area contributed by atoms with Crippen LogP contribution in [0.5, 0.6) is 5.75 Å². The second-order valence-electron chi connectivity index (χ2n) is 8.67. The maximum atomic E-state index is 12.9. The van der Waals surface area contributed by atoms with Crippen LogP contribution in [0.15, 0.2) is 88.9 Å². The van der Waals surface area contributed by atoms with Crippen LogP contribution in [0.2, 0.25) is 0 Å². The van der Waals surface area contributed by atoms with E-state index in [9.17, 15) is 13.2 Å². The van der Waals surface area contributed by atoms with Crippen LogP contribution in [0.1, 0.15) is 43.0 Å². The molecular formula is C27H31N3O4S. The molecule has 35 heavy (non-hydrogen) atoms. The molecule has 0 fully saturated rings. The number of hydrazone groups is 1. The Labute approximate surface area is 207 Å². The predicted molar refractivity (Wildman–Crippen MR) is 138 cm³/mol. The lowest BCUT2D eigenvalue weighted by atomic mass is 10.0. The van der Waals surface area contributed by atoms with E-state index in [0.717, 1.165) is 16.9 Å². The van der Waals surface area contributed by atoms with Gasteiger partial charge in [0.05, 0.1) is 23.8 Å². The van der Waals surface area contributed by atoms with Gasteiger partial charge in [0.15, 0.2) is 0 Å². The van der Waals surface area contributed by atoms with Crippen LogP contribution in [-0.2, 0) is 14.8 Å². The molecule has 0 aromatic heterocycles. The summed E-state index contributed by atoms with van der Waals surface area (Å²) < 4.78 is 34.2. The zero-order valence-corrected chi connectivity index (χ0v) is 21.0. The summed E-state index contributed by atoms with van der Waals surface area (Å²) in [6.45, 7) is 6.69. The lowest BCUT2D eigenvalue weighted by molar-refractivity contribution is -0.121. The SMILES string of the molecule is Cc1ccc(S(=O)(=O)N[C@@H](CC(=O)N/N=C\c2ccc(OCC(C)C)cc2)c2ccccc2)cc1. The molecule has 8 heteroatoms. The minimum atomic E-state index is -3.83. The Morgan fingerprint density at radius 2 is 1.63 bits per heavy atom. The van der Waals surface area contributed by atoms with Crippen molar-refractivity contribution in [2.45, 2.75) is 38.1 Å². The summed E-state index contributed by atoms with van der Waals surface area (Å²) in [5.74, 6) is 0.789. The van der Waals surface area contributed by atoms with Crippen LogP contribution in [0, 0.1) is 12.8 Å². The third kappa shape index (κ3) is 8.35. The molecule has 0 aliphatic rings. The lowest BCUT2D eigenvalue weighted by Crippen LogP contribution is -2.32. The molecule has 7 nitrogen and oxygen atoms in total. The third-order valence-corrected chi connectivity index (χ3v) is 6.57. The molecule has 1 amide bonds. The molecular weight excluding hydrogens is 462 g/mol. The molecule has 0 unspecified atom stereocenters. The van der Waals surface area contributed by atoms with E-state index in [1.54, 1.807) is 48.5 Å². The molecule has 2 N–H and O–H groups in total. The number of amides is 1. The van der Waals surface area contributed by atoms with Crippen molar-refractivity contribution >= 4 is 22.1 Å². The van der Waals surface area contributed by atoms with Crippen molar-refractivity contribution in [1.82, 2.24) is 10.1 Å². The fourth-order valence-corrected chi connectivity index (χ4v) is 4.43. The van der Waals surface area contributed by atoms with E-state index in [0.29, 0.717) is 18.1 Å². The number of rotatable bonds is 11. The number of hydrogen-bond acceptors (Lipinski definition) is 5. The molecule has 0 spiro atoms. The first-order valence-electron chi connectivity index (χ1n) is 11.4. The smallest absolute Gasteiger partial charge is 0.242 e. The number of benzene rings is 3. The Kier molecular flexibility index (Phi) is 9.17. The molecule has 3 rings (SSSR count). The van der Waals surface area contributed by atoms with Gasteiger partial charge in [-0.05, 0) is 60.4 Å². The van der Waals surface area contributed by atoms with E-state index in [1.807, 2.05) is 37.3 Å². The van der Waals surface area contributed by atoms with E-state index >= 15 is 0 Å². The van der Waals surface area contributed by atoms with Gasteiger partial charge in [-0.1, -0.05) is 61.9 Å². The summed E-state index contributed by atoms with van der Waals surface area (Å²) in [7, 11) is -3.83. The average molecular weight is 494 g/mol. The Morgan fingerprint density at radius 1 is 0.971 bits per heavy atom. The number of hydrogen-bond donors (Lipinski definition) is 2. The first-order chi connectivity index (χ1) is 16.7. The molecule has 0 saturated heterocycles. The summed E-state index contributed by atoms with van der Waals surface area (Å²) in [6.07, 6.45) is 1.41. The number of nitrogens with one attached hydrogen (secondary N) is 2. The van der Waals surface area contributed by atoms with Crippen LogP contribution in [-0.4, -0.2) is 27.1 Å². The standard InChI is InChI=1S/C27H31N3O4S/c1-20(2)19-34-24-13-11-22(12-14-24)18-28-29-27(31)17-26(23-7-5-4-6-8-23)30-35(32,33)25-15-9-21(3)10-16-25/h4-16,18,20,26,30H,17,19H2,1-3H3,(H,29,31)/b28-18-/t26-/m0/s1. The highest BCUT2D eigenvalue weighted by Gasteiger charge is 2.23. The van der Waals surface area contributed by atoms with Gasteiger partial charge in [0.1, 0.15) is 5.75 Å². The molecule has 0 aliphatic heterocycles. The second kappa shape index (κ2) is 12.3. The van der Waals surface area contributed by atoms with E-state index in [-0.39, 0.29) is 11.3 Å². The van der Waals surface area contributed by atoms with Crippen molar-refractivity contribution < 1.29 is 17.9 Å². The van der Waals surface area contributed by atoms with Crippen molar-refractivity contribution in [2.75, 3.05) is 6.61 Å². The number of sulfonamides is 1. The van der Waals surface area contributed by atoms with Gasteiger partial charge in [-0.3, -0.25) is 4.79 Å². The van der Waals surface area contributed by atoms with Crippen molar-refractivity contribution in [3.05, 3.63) is 95.6 Å². The Bertz CT molecular complexity index is 1220. The van der Waals surface area contributed by atoms with Gasteiger partial charge in [0, 0.05) is 6.42 Å². The minimum absolute atomic E-state index is 0.117. The predicted octanol–water partition coefficient (Wildman–Crippen LogP) is 4.59. The fourth-order valence-electron chi connectivity index (χ4n) is 3.21. The maximum Gasteiger partial charge on any atom is 0.242 e. The van der Waals surface area contributed by atoms with Crippen LogP contribution in [0.3, 0.4) is 0 Å². The molecule has 184 valence electrons. The van der Waals surface area contributed by atoms with E-state index in [4.69, 9.17) is 4.74 Å². The first kappa shape index (κ1) is 26.1. The molecule has 1 atom stereocenters. The first-order valence-corrected chi connectivity index (χ1v) is 12.9. The van der Waals surface area contributed by atoms with Gasteiger partial charge in [0.25, 0.3) is 0 Å². The number of carbonyl (C=O) groups is 1. The molecule has 3 aromatic rings. The Hall–Kier alpha value is -3.49. The normalized spacial score (nSPS) is 12.6. The molecule has 3 aromatic carbocycles. The van der Waals surface area contributed by atoms with Gasteiger partial charge in [-0.15, -0.1) is 0 Å². The van der Waals surface area contributed by atoms with E-state index < -0.39 is 22.0 Å². The van der Waals surface area contributed by atoms with Crippen molar-refractivity contribution in [3.63, 3.8) is 0 Å². The summed E-state index contributed by atoms with van der Waals surface area (Å²) >= 11 is 0. The topological polar surface area (TPSA) is 96.9 Å². The monoisotopic (exact) mass is 493 g/mol. The minimum Gasteiger partial charge on any atom is -0.493 e. The molecule has 0 bridgehead atoms. The van der Waals surface area contributed by atoms with Crippen LogP contribution >= 0.6 is 0 Å². The number of ether oxygens (including phenoxy) is 1. The zero-order chi connectivity index (χ0) is 25.3. The quantitative estimate of drug-likeness (QED) is 0.302. The molecule has 0 saturated carbocycles. The third-order valence-electron chi connectivity index (χ3n) is 5.09. The highest BCUT2D eigenvalue weighted by atomic mass is 32.2. The number of nitrogens with zero attached hydrogens (tertiary/aromatic N) is 1.